The highest BCUT2D eigenvalue weighted by Crippen LogP contribution is 2.31. The molecule has 18 heavy (non-hydrogen) atoms. The maximum Gasteiger partial charge on any atom is 0.199 e. The summed E-state index contributed by atoms with van der Waals surface area (Å²) < 4.78 is 6.23. The van der Waals surface area contributed by atoms with Crippen molar-refractivity contribution < 1.29 is 4.74 Å². The summed E-state index contributed by atoms with van der Waals surface area (Å²) in [5.74, 6) is 0.971. The van der Waals surface area contributed by atoms with Gasteiger partial charge in [-0.25, -0.2) is 9.97 Å². The monoisotopic (exact) mass is 327 g/mol. The molecule has 94 valence electrons. The van der Waals surface area contributed by atoms with Crippen LogP contribution in [0.15, 0.2) is 29.0 Å². The highest BCUT2D eigenvalue weighted by Gasteiger charge is 2.10. The number of ether oxygens (including phenoxy) is 1. The first-order valence-corrected chi connectivity index (χ1v) is 6.36. The lowest BCUT2D eigenvalue weighted by Gasteiger charge is -2.11. The van der Waals surface area contributed by atoms with E-state index in [-0.39, 0.29) is 5.15 Å². The third-order valence-electron chi connectivity index (χ3n) is 2.39. The third kappa shape index (κ3) is 2.73. The number of hydrogen-bond donors (Lipinski definition) is 1. The lowest BCUT2D eigenvalue weighted by Crippen LogP contribution is -1.99. The average molecular weight is 329 g/mol. The molecule has 6 heteroatoms. The van der Waals surface area contributed by atoms with E-state index in [4.69, 9.17) is 16.3 Å². The Morgan fingerprint density at radius 3 is 2.78 bits per heavy atom. The molecule has 0 radical (unpaired) electrons. The standard InChI is InChI=1S/C12H11BrClN3O/c1-7-5-8(3-4-9(7)13)17-12-10(18-2)11(14)15-6-16-12/h3-6H,1-2H3,(H,15,16,17). The lowest BCUT2D eigenvalue weighted by atomic mass is 10.2. The first-order chi connectivity index (χ1) is 8.61. The van der Waals surface area contributed by atoms with Crippen molar-refractivity contribution in [3.05, 3.63) is 39.7 Å². The number of nitrogens with zero attached hydrogens (tertiary/aromatic N) is 2. The molecule has 0 aliphatic heterocycles. The zero-order valence-corrected chi connectivity index (χ0v) is 12.2. The molecule has 0 aliphatic carbocycles. The number of aromatic nitrogens is 2. The molecule has 0 amide bonds. The van der Waals surface area contributed by atoms with Gasteiger partial charge in [0.25, 0.3) is 0 Å². The molecular weight excluding hydrogens is 318 g/mol. The van der Waals surface area contributed by atoms with E-state index >= 15 is 0 Å². The molecule has 4 nitrogen and oxygen atoms in total. The summed E-state index contributed by atoms with van der Waals surface area (Å²) >= 11 is 9.38. The Labute approximate surface area is 118 Å². The number of halogens is 2. The van der Waals surface area contributed by atoms with E-state index in [9.17, 15) is 0 Å². The molecule has 2 rings (SSSR count). The Hall–Kier alpha value is -1.33. The number of hydrogen-bond acceptors (Lipinski definition) is 4. The second-order valence-electron chi connectivity index (χ2n) is 3.64. The third-order valence-corrected chi connectivity index (χ3v) is 3.54. The van der Waals surface area contributed by atoms with Crippen LogP contribution >= 0.6 is 27.5 Å². The van der Waals surface area contributed by atoms with Crippen molar-refractivity contribution in [3.63, 3.8) is 0 Å². The minimum atomic E-state index is 0.281. The number of nitrogens with one attached hydrogen (secondary N) is 1. The van der Waals surface area contributed by atoms with Crippen LogP contribution in [0.2, 0.25) is 5.15 Å². The highest BCUT2D eigenvalue weighted by atomic mass is 79.9. The summed E-state index contributed by atoms with van der Waals surface area (Å²) in [6, 6.07) is 5.90. The smallest absolute Gasteiger partial charge is 0.199 e. The van der Waals surface area contributed by atoms with Crippen molar-refractivity contribution in [3.8, 4) is 5.75 Å². The average Bonchev–Trinajstić information content (AvgIpc) is 2.34. The van der Waals surface area contributed by atoms with Crippen molar-refractivity contribution in [2.24, 2.45) is 0 Å². The maximum atomic E-state index is 5.93. The number of methoxy groups -OCH3 is 1. The maximum absolute atomic E-state index is 5.93. The van der Waals surface area contributed by atoms with E-state index in [0.717, 1.165) is 15.7 Å². The van der Waals surface area contributed by atoms with Crippen LogP contribution in [0.4, 0.5) is 11.5 Å². The van der Waals surface area contributed by atoms with Crippen molar-refractivity contribution in [2.45, 2.75) is 6.92 Å². The van der Waals surface area contributed by atoms with Crippen molar-refractivity contribution in [1.29, 1.82) is 0 Å². The molecule has 0 atom stereocenters. The second-order valence-corrected chi connectivity index (χ2v) is 4.85. The van der Waals surface area contributed by atoms with Gasteiger partial charge in [0.2, 0.25) is 0 Å². The van der Waals surface area contributed by atoms with Gasteiger partial charge in [0, 0.05) is 10.2 Å². The van der Waals surface area contributed by atoms with E-state index in [1.807, 2.05) is 25.1 Å². The van der Waals surface area contributed by atoms with Crippen LogP contribution in [0.1, 0.15) is 5.56 Å². The predicted octanol–water partition coefficient (Wildman–Crippen LogP) is 3.95. The Balaban J connectivity index is 2.34. The molecule has 0 spiro atoms. The summed E-state index contributed by atoms with van der Waals surface area (Å²) in [6.45, 7) is 2.01. The molecule has 1 N–H and O–H groups in total. The van der Waals surface area contributed by atoms with Gasteiger partial charge < -0.3 is 10.1 Å². The Kier molecular flexibility index (Phi) is 4.04. The SMILES string of the molecule is COc1c(Cl)ncnc1Nc1ccc(Br)c(C)c1. The molecule has 0 saturated carbocycles. The molecule has 1 heterocycles. The van der Waals surface area contributed by atoms with Gasteiger partial charge in [-0.3, -0.25) is 0 Å². The normalized spacial score (nSPS) is 10.2. The van der Waals surface area contributed by atoms with Crippen LogP contribution < -0.4 is 10.1 Å². The number of anilines is 2. The fraction of sp³-hybridized carbons (Fsp3) is 0.167. The van der Waals surface area contributed by atoms with Gasteiger partial charge >= 0.3 is 0 Å². The first-order valence-electron chi connectivity index (χ1n) is 5.19. The van der Waals surface area contributed by atoms with Crippen LogP contribution in [-0.2, 0) is 0 Å². The largest absolute Gasteiger partial charge is 0.490 e. The van der Waals surface area contributed by atoms with E-state index in [1.165, 1.54) is 13.4 Å². The van der Waals surface area contributed by atoms with Gasteiger partial charge in [-0.1, -0.05) is 27.5 Å². The van der Waals surface area contributed by atoms with E-state index in [0.29, 0.717) is 11.6 Å². The van der Waals surface area contributed by atoms with Crippen LogP contribution in [0, 0.1) is 6.92 Å². The zero-order chi connectivity index (χ0) is 13.1. The van der Waals surface area contributed by atoms with Gasteiger partial charge in [-0.15, -0.1) is 0 Å². The molecule has 0 saturated heterocycles. The molecule has 1 aromatic carbocycles. The summed E-state index contributed by atoms with van der Waals surface area (Å²) in [7, 11) is 1.53. The Morgan fingerprint density at radius 1 is 1.33 bits per heavy atom. The molecule has 0 aliphatic rings. The second kappa shape index (κ2) is 5.54. The summed E-state index contributed by atoms with van der Waals surface area (Å²) in [4.78, 5) is 7.98. The molecule has 0 unspecified atom stereocenters. The zero-order valence-electron chi connectivity index (χ0n) is 9.87. The number of benzene rings is 1. The van der Waals surface area contributed by atoms with E-state index in [2.05, 4.69) is 31.2 Å². The fourth-order valence-corrected chi connectivity index (χ4v) is 1.94. The van der Waals surface area contributed by atoms with Crippen LogP contribution in [-0.4, -0.2) is 17.1 Å². The van der Waals surface area contributed by atoms with Crippen molar-refractivity contribution >= 4 is 39.0 Å². The molecular formula is C12H11BrClN3O. The minimum absolute atomic E-state index is 0.281. The van der Waals surface area contributed by atoms with Crippen LogP contribution in [0.3, 0.4) is 0 Å². The topological polar surface area (TPSA) is 47.0 Å². The lowest BCUT2D eigenvalue weighted by molar-refractivity contribution is 0.413. The number of aryl methyl sites for hydroxylation is 1. The van der Waals surface area contributed by atoms with Gasteiger partial charge in [0.15, 0.2) is 16.7 Å². The summed E-state index contributed by atoms with van der Waals surface area (Å²) in [5, 5.41) is 3.43. The van der Waals surface area contributed by atoms with Crippen LogP contribution in [0.25, 0.3) is 0 Å². The molecule has 1 aromatic heterocycles. The molecule has 0 bridgehead atoms. The molecule has 0 fully saturated rings. The summed E-state index contributed by atoms with van der Waals surface area (Å²) in [5.41, 5.74) is 2.03. The van der Waals surface area contributed by atoms with Gasteiger partial charge in [-0.2, -0.15) is 0 Å². The minimum Gasteiger partial charge on any atom is -0.490 e. The quantitative estimate of drug-likeness (QED) is 0.867. The van der Waals surface area contributed by atoms with Gasteiger partial charge in [-0.05, 0) is 30.7 Å². The van der Waals surface area contributed by atoms with Gasteiger partial charge in [0.1, 0.15) is 6.33 Å². The Bertz CT molecular complexity index is 577. The van der Waals surface area contributed by atoms with E-state index < -0.39 is 0 Å². The predicted molar refractivity (Wildman–Crippen MR) is 75.8 cm³/mol. The number of rotatable bonds is 3. The first kappa shape index (κ1) is 13.1. The fourth-order valence-electron chi connectivity index (χ4n) is 1.48. The Morgan fingerprint density at radius 2 is 2.11 bits per heavy atom. The summed E-state index contributed by atoms with van der Waals surface area (Å²) in [6.07, 6.45) is 1.39. The van der Waals surface area contributed by atoms with Crippen molar-refractivity contribution in [2.75, 3.05) is 12.4 Å². The van der Waals surface area contributed by atoms with Crippen molar-refractivity contribution in [1.82, 2.24) is 9.97 Å². The molecule has 2 aromatic rings. The van der Waals surface area contributed by atoms with Gasteiger partial charge in [0.05, 0.1) is 7.11 Å². The highest BCUT2D eigenvalue weighted by molar-refractivity contribution is 9.10. The van der Waals surface area contributed by atoms with Crippen LogP contribution in [0.5, 0.6) is 5.75 Å². The van der Waals surface area contributed by atoms with E-state index in [1.54, 1.807) is 0 Å².